The maximum Gasteiger partial charge on any atom is 0.0908 e. The number of pyridine rings is 1. The Hall–Kier alpha value is -2.26. The topological polar surface area (TPSA) is 28.2 Å². The molecule has 0 radical (unpaired) electrons. The van der Waals surface area contributed by atoms with Crippen LogP contribution in [-0.2, 0) is 0 Å². The first-order chi connectivity index (χ1) is 11.7. The molecule has 1 fully saturated rings. The summed E-state index contributed by atoms with van der Waals surface area (Å²) in [5, 5.41) is 5.47. The molecule has 1 aromatic heterocycles. The van der Waals surface area contributed by atoms with Gasteiger partial charge in [-0.3, -0.25) is 4.98 Å². The van der Waals surface area contributed by atoms with Gasteiger partial charge in [0.25, 0.3) is 0 Å². The summed E-state index contributed by atoms with van der Waals surface area (Å²) in [6.45, 7) is 4.22. The van der Waals surface area contributed by atoms with E-state index in [9.17, 15) is 0 Å². The SMILES string of the molecule is Cc1cccc(N2CCC(Nc3ccnc4c(Cl)cccc34)C2)c1. The molecule has 1 N–H and O–H groups in total. The third-order valence-electron chi connectivity index (χ3n) is 4.64. The van der Waals surface area contributed by atoms with Gasteiger partial charge in [-0.15, -0.1) is 0 Å². The number of benzene rings is 2. The summed E-state index contributed by atoms with van der Waals surface area (Å²) in [7, 11) is 0. The van der Waals surface area contributed by atoms with Gasteiger partial charge in [0.15, 0.2) is 0 Å². The number of anilines is 2. The van der Waals surface area contributed by atoms with E-state index >= 15 is 0 Å². The lowest BCUT2D eigenvalue weighted by Crippen LogP contribution is -2.26. The van der Waals surface area contributed by atoms with Crippen molar-refractivity contribution < 1.29 is 0 Å². The van der Waals surface area contributed by atoms with Crippen LogP contribution in [0.25, 0.3) is 10.9 Å². The van der Waals surface area contributed by atoms with Crippen molar-refractivity contribution in [3.63, 3.8) is 0 Å². The molecule has 1 saturated heterocycles. The highest BCUT2D eigenvalue weighted by Crippen LogP contribution is 2.29. The smallest absolute Gasteiger partial charge is 0.0908 e. The van der Waals surface area contributed by atoms with Crippen molar-refractivity contribution in [1.29, 1.82) is 0 Å². The monoisotopic (exact) mass is 337 g/mol. The summed E-state index contributed by atoms with van der Waals surface area (Å²) in [6.07, 6.45) is 2.95. The lowest BCUT2D eigenvalue weighted by Gasteiger charge is -2.20. The number of hydrogen-bond acceptors (Lipinski definition) is 3. The Labute approximate surface area is 147 Å². The van der Waals surface area contributed by atoms with Gasteiger partial charge in [-0.25, -0.2) is 0 Å². The standard InChI is InChI=1S/C20H20ClN3/c1-14-4-2-5-16(12-14)24-11-9-15(13-24)23-19-8-10-22-20-17(19)6-3-7-18(20)21/h2-8,10,12,15H,9,11,13H2,1H3,(H,22,23). The predicted octanol–water partition coefficient (Wildman–Crippen LogP) is 4.89. The van der Waals surface area contributed by atoms with Crippen molar-refractivity contribution >= 4 is 33.9 Å². The predicted molar refractivity (Wildman–Crippen MR) is 102 cm³/mol. The fraction of sp³-hybridized carbons (Fsp3) is 0.250. The van der Waals surface area contributed by atoms with Crippen LogP contribution < -0.4 is 10.2 Å². The third-order valence-corrected chi connectivity index (χ3v) is 4.94. The largest absolute Gasteiger partial charge is 0.380 e. The maximum atomic E-state index is 6.27. The van der Waals surface area contributed by atoms with Crippen LogP contribution in [0.3, 0.4) is 0 Å². The van der Waals surface area contributed by atoms with E-state index < -0.39 is 0 Å². The Morgan fingerprint density at radius 2 is 2.04 bits per heavy atom. The van der Waals surface area contributed by atoms with Gasteiger partial charge in [-0.2, -0.15) is 0 Å². The van der Waals surface area contributed by atoms with E-state index in [2.05, 4.69) is 52.5 Å². The minimum atomic E-state index is 0.426. The second-order valence-corrected chi connectivity index (χ2v) is 6.82. The summed E-state index contributed by atoms with van der Waals surface area (Å²) in [4.78, 5) is 6.85. The van der Waals surface area contributed by atoms with Crippen molar-refractivity contribution in [2.24, 2.45) is 0 Å². The van der Waals surface area contributed by atoms with Gasteiger partial charge in [0, 0.05) is 42.1 Å². The highest BCUT2D eigenvalue weighted by Gasteiger charge is 2.23. The molecule has 0 amide bonds. The number of halogens is 1. The highest BCUT2D eigenvalue weighted by molar-refractivity contribution is 6.35. The molecule has 0 aliphatic carbocycles. The fourth-order valence-electron chi connectivity index (χ4n) is 3.42. The molecule has 122 valence electrons. The fourth-order valence-corrected chi connectivity index (χ4v) is 3.65. The molecular formula is C20H20ClN3. The number of fused-ring (bicyclic) bond motifs is 1. The van der Waals surface area contributed by atoms with Gasteiger partial charge in [-0.1, -0.05) is 35.9 Å². The minimum Gasteiger partial charge on any atom is -0.380 e. The van der Waals surface area contributed by atoms with E-state index in [1.165, 1.54) is 11.3 Å². The first kappa shape index (κ1) is 15.3. The van der Waals surface area contributed by atoms with Crippen molar-refractivity contribution in [3.05, 3.63) is 65.3 Å². The number of rotatable bonds is 3. The van der Waals surface area contributed by atoms with E-state index in [0.29, 0.717) is 11.1 Å². The first-order valence-electron chi connectivity index (χ1n) is 8.32. The van der Waals surface area contributed by atoms with Gasteiger partial charge in [0.1, 0.15) is 0 Å². The summed E-state index contributed by atoms with van der Waals surface area (Å²) >= 11 is 6.27. The van der Waals surface area contributed by atoms with E-state index in [0.717, 1.165) is 36.1 Å². The van der Waals surface area contributed by atoms with Gasteiger partial charge < -0.3 is 10.2 Å². The molecule has 2 heterocycles. The van der Waals surface area contributed by atoms with E-state index in [-0.39, 0.29) is 0 Å². The van der Waals surface area contributed by atoms with E-state index in [4.69, 9.17) is 11.6 Å². The average molecular weight is 338 g/mol. The molecule has 2 aromatic carbocycles. The third kappa shape index (κ3) is 2.92. The molecule has 1 aliphatic rings. The molecule has 3 nitrogen and oxygen atoms in total. The van der Waals surface area contributed by atoms with Gasteiger partial charge in [-0.05, 0) is 43.2 Å². The molecular weight excluding hydrogens is 318 g/mol. The van der Waals surface area contributed by atoms with Crippen molar-refractivity contribution in [1.82, 2.24) is 4.98 Å². The lowest BCUT2D eigenvalue weighted by atomic mass is 10.1. The zero-order valence-corrected chi connectivity index (χ0v) is 14.4. The number of para-hydroxylation sites is 1. The van der Waals surface area contributed by atoms with Gasteiger partial charge in [0.05, 0.1) is 10.5 Å². The summed E-state index contributed by atoms with van der Waals surface area (Å²) in [5.74, 6) is 0. The van der Waals surface area contributed by atoms with Gasteiger partial charge >= 0.3 is 0 Å². The molecule has 3 aromatic rings. The Kier molecular flexibility index (Phi) is 4.03. The molecule has 24 heavy (non-hydrogen) atoms. The van der Waals surface area contributed by atoms with Crippen LogP contribution in [0, 0.1) is 6.92 Å². The highest BCUT2D eigenvalue weighted by atomic mass is 35.5. The van der Waals surface area contributed by atoms with Crippen LogP contribution in [0.4, 0.5) is 11.4 Å². The average Bonchev–Trinajstić information content (AvgIpc) is 3.05. The normalized spacial score (nSPS) is 17.4. The maximum absolute atomic E-state index is 6.27. The summed E-state index contributed by atoms with van der Waals surface area (Å²) in [6, 6.07) is 17.1. The molecule has 1 unspecified atom stereocenters. The quantitative estimate of drug-likeness (QED) is 0.737. The number of nitrogens with one attached hydrogen (secondary N) is 1. The molecule has 0 bridgehead atoms. The number of aromatic nitrogens is 1. The number of nitrogens with zero attached hydrogens (tertiary/aromatic N) is 2. The summed E-state index contributed by atoms with van der Waals surface area (Å²) < 4.78 is 0. The minimum absolute atomic E-state index is 0.426. The van der Waals surface area contributed by atoms with Crippen molar-refractivity contribution in [2.75, 3.05) is 23.3 Å². The van der Waals surface area contributed by atoms with Crippen molar-refractivity contribution in [3.8, 4) is 0 Å². The molecule has 4 rings (SSSR count). The Balaban J connectivity index is 1.54. The van der Waals surface area contributed by atoms with E-state index in [1.807, 2.05) is 24.4 Å². The Morgan fingerprint density at radius 1 is 1.17 bits per heavy atom. The van der Waals surface area contributed by atoms with E-state index in [1.54, 1.807) is 0 Å². The second-order valence-electron chi connectivity index (χ2n) is 6.41. The molecule has 4 heteroatoms. The van der Waals surface area contributed by atoms with Crippen molar-refractivity contribution in [2.45, 2.75) is 19.4 Å². The zero-order valence-electron chi connectivity index (χ0n) is 13.7. The number of aryl methyl sites for hydroxylation is 1. The van der Waals surface area contributed by atoms with Crippen LogP contribution in [0.2, 0.25) is 5.02 Å². The second kappa shape index (κ2) is 6.33. The van der Waals surface area contributed by atoms with Crippen LogP contribution in [0.15, 0.2) is 54.7 Å². The molecule has 0 spiro atoms. The molecule has 0 saturated carbocycles. The van der Waals surface area contributed by atoms with Crippen LogP contribution >= 0.6 is 11.6 Å². The van der Waals surface area contributed by atoms with Crippen LogP contribution in [0.1, 0.15) is 12.0 Å². The lowest BCUT2D eigenvalue weighted by molar-refractivity contribution is 0.808. The van der Waals surface area contributed by atoms with Crippen LogP contribution in [0.5, 0.6) is 0 Å². The molecule has 1 atom stereocenters. The molecule has 1 aliphatic heterocycles. The van der Waals surface area contributed by atoms with Crippen LogP contribution in [-0.4, -0.2) is 24.1 Å². The zero-order chi connectivity index (χ0) is 16.5. The number of hydrogen-bond donors (Lipinski definition) is 1. The summed E-state index contributed by atoms with van der Waals surface area (Å²) in [5.41, 5.74) is 4.58. The van der Waals surface area contributed by atoms with Gasteiger partial charge in [0.2, 0.25) is 0 Å². The Morgan fingerprint density at radius 3 is 2.92 bits per heavy atom. The first-order valence-corrected chi connectivity index (χ1v) is 8.70. The Bertz CT molecular complexity index is 878.